The standard InChI is InChI=1S/C8H18N2.H2/c1-7-4-5-8(9-7)6-10(2)3;/h7-9H,4-6H2,1-3H3;1H/t7-,8+;/m0./s1. The van der Waals surface area contributed by atoms with Gasteiger partial charge in [-0.15, -0.1) is 0 Å². The maximum atomic E-state index is 3.54. The molecule has 1 saturated heterocycles. The van der Waals surface area contributed by atoms with E-state index in [1.54, 1.807) is 0 Å². The van der Waals surface area contributed by atoms with Crippen molar-refractivity contribution in [2.45, 2.75) is 31.8 Å². The van der Waals surface area contributed by atoms with Crippen molar-refractivity contribution < 1.29 is 1.43 Å². The van der Waals surface area contributed by atoms with E-state index in [0.29, 0.717) is 0 Å². The van der Waals surface area contributed by atoms with Gasteiger partial charge in [-0.3, -0.25) is 0 Å². The predicted molar refractivity (Wildman–Crippen MR) is 46.3 cm³/mol. The molecule has 0 radical (unpaired) electrons. The summed E-state index contributed by atoms with van der Waals surface area (Å²) in [6.45, 7) is 3.44. The molecule has 1 aliphatic rings. The van der Waals surface area contributed by atoms with Crippen molar-refractivity contribution in [3.63, 3.8) is 0 Å². The van der Waals surface area contributed by atoms with E-state index < -0.39 is 0 Å². The molecule has 62 valence electrons. The fourth-order valence-corrected chi connectivity index (χ4v) is 1.60. The molecular formula is C8H20N2. The van der Waals surface area contributed by atoms with Gasteiger partial charge in [0.15, 0.2) is 0 Å². The fraction of sp³-hybridized carbons (Fsp3) is 1.00. The quantitative estimate of drug-likeness (QED) is 0.620. The smallest absolute Gasteiger partial charge is 0.0197 e. The van der Waals surface area contributed by atoms with Gasteiger partial charge in [0.05, 0.1) is 0 Å². The second-order valence-corrected chi connectivity index (χ2v) is 3.60. The topological polar surface area (TPSA) is 15.3 Å². The Morgan fingerprint density at radius 1 is 1.50 bits per heavy atom. The van der Waals surface area contributed by atoms with Gasteiger partial charge in [0.1, 0.15) is 0 Å². The molecular weight excluding hydrogens is 124 g/mol. The first kappa shape index (κ1) is 8.02. The van der Waals surface area contributed by atoms with Crippen molar-refractivity contribution in [2.24, 2.45) is 0 Å². The van der Waals surface area contributed by atoms with Crippen LogP contribution in [0.2, 0.25) is 0 Å². The van der Waals surface area contributed by atoms with Gasteiger partial charge >= 0.3 is 0 Å². The third-order valence-corrected chi connectivity index (χ3v) is 2.05. The lowest BCUT2D eigenvalue weighted by atomic mass is 10.2. The molecule has 0 amide bonds. The summed E-state index contributed by atoms with van der Waals surface area (Å²) in [5, 5.41) is 3.54. The number of nitrogens with one attached hydrogen (secondary N) is 1. The molecule has 0 aromatic rings. The third kappa shape index (κ3) is 2.27. The van der Waals surface area contributed by atoms with Crippen molar-refractivity contribution in [2.75, 3.05) is 20.6 Å². The summed E-state index contributed by atoms with van der Waals surface area (Å²) in [7, 11) is 4.26. The van der Waals surface area contributed by atoms with Crippen LogP contribution in [-0.4, -0.2) is 37.6 Å². The first-order valence-corrected chi connectivity index (χ1v) is 4.09. The normalized spacial score (nSPS) is 33.6. The Bertz CT molecular complexity index is 106. The lowest BCUT2D eigenvalue weighted by Gasteiger charge is -2.16. The first-order chi connectivity index (χ1) is 4.68. The van der Waals surface area contributed by atoms with Gasteiger partial charge in [0.2, 0.25) is 0 Å². The Labute approximate surface area is 65.1 Å². The summed E-state index contributed by atoms with van der Waals surface area (Å²) in [4.78, 5) is 2.25. The SMILES string of the molecule is C[C@H]1CC[C@H](CN(C)C)N1.[HH]. The highest BCUT2D eigenvalue weighted by Crippen LogP contribution is 2.11. The van der Waals surface area contributed by atoms with Crippen LogP contribution in [0.15, 0.2) is 0 Å². The van der Waals surface area contributed by atoms with E-state index in [1.165, 1.54) is 19.4 Å². The van der Waals surface area contributed by atoms with Gasteiger partial charge in [-0.2, -0.15) is 0 Å². The fourth-order valence-electron chi connectivity index (χ4n) is 1.60. The van der Waals surface area contributed by atoms with Crippen LogP contribution in [-0.2, 0) is 0 Å². The van der Waals surface area contributed by atoms with Crippen LogP contribution in [0.4, 0.5) is 0 Å². The van der Waals surface area contributed by atoms with Crippen LogP contribution in [0.3, 0.4) is 0 Å². The number of rotatable bonds is 2. The molecule has 0 aliphatic carbocycles. The molecule has 2 heteroatoms. The molecule has 0 aromatic carbocycles. The molecule has 2 nitrogen and oxygen atoms in total. The van der Waals surface area contributed by atoms with E-state index in [2.05, 4.69) is 31.2 Å². The summed E-state index contributed by atoms with van der Waals surface area (Å²) < 4.78 is 0. The summed E-state index contributed by atoms with van der Waals surface area (Å²) in [6, 6.07) is 1.48. The molecule has 1 rings (SSSR count). The van der Waals surface area contributed by atoms with Gasteiger partial charge < -0.3 is 10.2 Å². The minimum absolute atomic E-state index is 0. The van der Waals surface area contributed by atoms with Gasteiger partial charge in [-0.25, -0.2) is 0 Å². The summed E-state index contributed by atoms with van der Waals surface area (Å²) in [5.41, 5.74) is 0. The largest absolute Gasteiger partial charge is 0.310 e. The molecule has 0 aromatic heterocycles. The number of hydrogen-bond acceptors (Lipinski definition) is 2. The minimum Gasteiger partial charge on any atom is -0.310 e. The zero-order valence-electron chi connectivity index (χ0n) is 7.22. The summed E-state index contributed by atoms with van der Waals surface area (Å²) >= 11 is 0. The van der Waals surface area contributed by atoms with E-state index in [9.17, 15) is 0 Å². The van der Waals surface area contributed by atoms with E-state index in [1.807, 2.05) is 0 Å². The van der Waals surface area contributed by atoms with Crippen molar-refractivity contribution in [3.8, 4) is 0 Å². The summed E-state index contributed by atoms with van der Waals surface area (Å²) in [5.74, 6) is 0. The zero-order chi connectivity index (χ0) is 7.56. The van der Waals surface area contributed by atoms with E-state index >= 15 is 0 Å². The third-order valence-electron chi connectivity index (χ3n) is 2.05. The molecule has 0 bridgehead atoms. The molecule has 1 fully saturated rings. The Balaban J connectivity index is 0.000001000. The maximum absolute atomic E-state index is 3.54. The van der Waals surface area contributed by atoms with Crippen LogP contribution in [0.25, 0.3) is 0 Å². The average molecular weight is 144 g/mol. The lowest BCUT2D eigenvalue weighted by molar-refractivity contribution is 0.352. The van der Waals surface area contributed by atoms with Crippen molar-refractivity contribution in [1.29, 1.82) is 0 Å². The second-order valence-electron chi connectivity index (χ2n) is 3.60. The molecule has 2 atom stereocenters. The number of hydrogen-bond donors (Lipinski definition) is 1. The number of likely N-dealkylation sites (N-methyl/N-ethyl adjacent to an activating group) is 1. The van der Waals surface area contributed by atoms with Gasteiger partial charge in [0.25, 0.3) is 0 Å². The molecule has 10 heavy (non-hydrogen) atoms. The van der Waals surface area contributed by atoms with Gasteiger partial charge in [-0.1, -0.05) is 0 Å². The van der Waals surface area contributed by atoms with Crippen molar-refractivity contribution in [1.82, 2.24) is 10.2 Å². The van der Waals surface area contributed by atoms with Gasteiger partial charge in [-0.05, 0) is 33.9 Å². The van der Waals surface area contributed by atoms with Crippen LogP contribution in [0.5, 0.6) is 0 Å². The highest BCUT2D eigenvalue weighted by molar-refractivity contribution is 4.81. The molecule has 0 spiro atoms. The zero-order valence-corrected chi connectivity index (χ0v) is 7.22. The Morgan fingerprint density at radius 2 is 2.20 bits per heavy atom. The van der Waals surface area contributed by atoms with Crippen LogP contribution in [0.1, 0.15) is 21.2 Å². The maximum Gasteiger partial charge on any atom is 0.0197 e. The van der Waals surface area contributed by atoms with Crippen LogP contribution < -0.4 is 5.32 Å². The highest BCUT2D eigenvalue weighted by Gasteiger charge is 2.19. The molecule has 1 aliphatic heterocycles. The van der Waals surface area contributed by atoms with Crippen LogP contribution in [0, 0.1) is 0 Å². The van der Waals surface area contributed by atoms with Crippen molar-refractivity contribution >= 4 is 0 Å². The molecule has 1 heterocycles. The number of nitrogens with zero attached hydrogens (tertiary/aromatic N) is 1. The second kappa shape index (κ2) is 3.35. The highest BCUT2D eigenvalue weighted by atomic mass is 15.1. The predicted octanol–water partition coefficient (Wildman–Crippen LogP) is 0.934. The lowest BCUT2D eigenvalue weighted by Crippen LogP contribution is -2.35. The molecule has 0 saturated carbocycles. The van der Waals surface area contributed by atoms with Crippen LogP contribution >= 0.6 is 0 Å². The average Bonchev–Trinajstić information content (AvgIpc) is 2.13. The van der Waals surface area contributed by atoms with Crippen molar-refractivity contribution in [3.05, 3.63) is 0 Å². The monoisotopic (exact) mass is 144 g/mol. The Hall–Kier alpha value is -0.0800. The Morgan fingerprint density at radius 3 is 2.60 bits per heavy atom. The van der Waals surface area contributed by atoms with E-state index in [0.717, 1.165) is 12.1 Å². The molecule has 0 unspecified atom stereocenters. The molecule has 1 N–H and O–H groups in total. The minimum atomic E-state index is 0. The Kier molecular flexibility index (Phi) is 2.69. The first-order valence-electron chi connectivity index (χ1n) is 4.09. The van der Waals surface area contributed by atoms with Gasteiger partial charge in [0, 0.05) is 20.1 Å². The van der Waals surface area contributed by atoms with E-state index in [-0.39, 0.29) is 1.43 Å². The van der Waals surface area contributed by atoms with E-state index in [4.69, 9.17) is 0 Å². The summed E-state index contributed by atoms with van der Waals surface area (Å²) in [6.07, 6.45) is 2.69.